The van der Waals surface area contributed by atoms with Gasteiger partial charge in [0.25, 0.3) is 0 Å². The number of carbonyl (C=O) groups excluding carboxylic acids is 1. The Balaban J connectivity index is 1.40. The number of rotatable bonds is 11. The van der Waals surface area contributed by atoms with Crippen LogP contribution in [0.1, 0.15) is 59.7 Å². The van der Waals surface area contributed by atoms with E-state index in [1.165, 1.54) is 27.6 Å². The Morgan fingerprint density at radius 3 is 2.50 bits per heavy atom. The molecule has 216 valence electrons. The lowest BCUT2D eigenvalue weighted by atomic mass is 9.94. The molecule has 0 saturated carbocycles. The molecule has 0 unspecified atom stereocenters. The summed E-state index contributed by atoms with van der Waals surface area (Å²) in [6.07, 6.45) is 7.37. The van der Waals surface area contributed by atoms with Crippen LogP contribution in [0.2, 0.25) is 0 Å². The smallest absolute Gasteiger partial charge is 0.221 e. The number of hydrogen-bond donors (Lipinski definition) is 2. The van der Waals surface area contributed by atoms with Crippen LogP contribution >= 0.6 is 0 Å². The fraction of sp³-hybridized carbons (Fsp3) is 0.343. The number of hydrogen-bond acceptors (Lipinski definition) is 4. The van der Waals surface area contributed by atoms with Gasteiger partial charge in [0.05, 0.1) is 18.5 Å². The Hall–Kier alpha value is -4.23. The van der Waals surface area contributed by atoms with E-state index in [1.807, 2.05) is 0 Å². The van der Waals surface area contributed by atoms with Gasteiger partial charge in [0, 0.05) is 30.1 Å². The third-order valence-corrected chi connectivity index (χ3v) is 8.79. The summed E-state index contributed by atoms with van der Waals surface area (Å²) in [5, 5.41) is 10.9. The van der Waals surface area contributed by atoms with Gasteiger partial charge in [-0.05, 0) is 67.0 Å². The van der Waals surface area contributed by atoms with Crippen LogP contribution in [-0.2, 0) is 37.0 Å². The van der Waals surface area contributed by atoms with E-state index < -0.39 is 0 Å². The van der Waals surface area contributed by atoms with Crippen molar-refractivity contribution in [3.05, 3.63) is 119 Å². The summed E-state index contributed by atoms with van der Waals surface area (Å²) in [4.78, 5) is 18.2. The molecule has 1 aliphatic rings. The minimum atomic E-state index is -0.216. The number of H-pyrrole nitrogens is 1. The number of nitrogens with one attached hydrogen (secondary N) is 1. The molecule has 5 aromatic rings. The summed E-state index contributed by atoms with van der Waals surface area (Å²) in [5.41, 5.74) is 12.0. The number of nitrogens with zero attached hydrogens (tertiary/aromatic N) is 4. The van der Waals surface area contributed by atoms with Crippen molar-refractivity contribution in [1.29, 1.82) is 0 Å². The van der Waals surface area contributed by atoms with Crippen molar-refractivity contribution in [2.45, 2.75) is 58.0 Å². The van der Waals surface area contributed by atoms with Gasteiger partial charge in [0.1, 0.15) is 5.82 Å². The molecule has 0 spiro atoms. The number of nitrogens with two attached hydrogens (primary N) is 1. The maximum Gasteiger partial charge on any atom is 0.221 e. The highest BCUT2D eigenvalue weighted by atomic mass is 16.1. The summed E-state index contributed by atoms with van der Waals surface area (Å²) >= 11 is 0. The lowest BCUT2D eigenvalue weighted by Gasteiger charge is -2.37. The molecule has 7 nitrogen and oxygen atoms in total. The van der Waals surface area contributed by atoms with Crippen LogP contribution in [-0.4, -0.2) is 43.6 Å². The lowest BCUT2D eigenvalue weighted by Crippen LogP contribution is -2.44. The van der Waals surface area contributed by atoms with Gasteiger partial charge in [0.2, 0.25) is 5.91 Å². The van der Waals surface area contributed by atoms with Crippen molar-refractivity contribution in [3.63, 3.8) is 0 Å². The van der Waals surface area contributed by atoms with Crippen LogP contribution < -0.4 is 5.73 Å². The molecule has 3 heterocycles. The van der Waals surface area contributed by atoms with E-state index in [4.69, 9.17) is 15.9 Å². The Bertz CT molecular complexity index is 1620. The second-order valence-corrected chi connectivity index (χ2v) is 11.5. The van der Waals surface area contributed by atoms with Gasteiger partial charge in [-0.3, -0.25) is 9.69 Å². The average Bonchev–Trinajstić information content (AvgIpc) is 3.63. The quantitative estimate of drug-likeness (QED) is 0.219. The maximum atomic E-state index is 12.3. The number of para-hydroxylation sites is 1. The average molecular weight is 561 g/mol. The van der Waals surface area contributed by atoms with Gasteiger partial charge < -0.3 is 15.3 Å². The number of aromatic nitrogens is 4. The zero-order chi connectivity index (χ0) is 28.9. The minimum absolute atomic E-state index is 0.0424. The summed E-state index contributed by atoms with van der Waals surface area (Å²) in [6, 6.07) is 27.8. The maximum absolute atomic E-state index is 12.3. The van der Waals surface area contributed by atoms with Crippen LogP contribution in [0.3, 0.4) is 0 Å². The zero-order valence-corrected chi connectivity index (χ0v) is 24.4. The first-order valence-electron chi connectivity index (χ1n) is 15.2. The number of aromatic amines is 1. The topological polar surface area (TPSA) is 92.8 Å². The Kier molecular flexibility index (Phi) is 8.47. The van der Waals surface area contributed by atoms with Crippen LogP contribution in [0.4, 0.5) is 0 Å². The number of piperidine rings is 1. The number of amides is 1. The summed E-state index contributed by atoms with van der Waals surface area (Å²) in [6.45, 7) is 4.42. The highest BCUT2D eigenvalue weighted by molar-refractivity contribution is 5.83. The number of likely N-dealkylation sites (tertiary alicyclic amines) is 1. The highest BCUT2D eigenvalue weighted by Crippen LogP contribution is 2.32. The molecular formula is C35H40N6O. The van der Waals surface area contributed by atoms with Crippen molar-refractivity contribution in [3.8, 4) is 0 Å². The largest absolute Gasteiger partial charge is 0.369 e. The predicted octanol–water partition coefficient (Wildman–Crippen LogP) is 5.64. The molecule has 1 fully saturated rings. The first-order chi connectivity index (χ1) is 20.6. The number of primary amides is 1. The Morgan fingerprint density at radius 2 is 1.71 bits per heavy atom. The standard InChI is InChI=1S/C35H40N6O/c1-2-25-14-16-27(17-15-25)23-41-33(19-18-26-9-4-3-5-10-26)38-39-35(41)32(40-20-8-11-28(24-40)34(36)42)21-29-22-37-31-13-7-6-12-30(29)31/h3-7,9-10,12-17,22,28,32,37H,2,8,11,18-21,23-24H2,1H3,(H2,36,42)/t28-,32+/m0/s1. The molecule has 1 saturated heterocycles. The number of aryl methyl sites for hydroxylation is 3. The molecule has 0 aliphatic carbocycles. The van der Waals surface area contributed by atoms with Crippen LogP contribution in [0.15, 0.2) is 85.1 Å². The van der Waals surface area contributed by atoms with E-state index in [1.54, 1.807) is 0 Å². The van der Waals surface area contributed by atoms with Gasteiger partial charge in [-0.25, -0.2) is 0 Å². The van der Waals surface area contributed by atoms with Gasteiger partial charge in [-0.1, -0.05) is 79.7 Å². The molecule has 6 rings (SSSR count). The van der Waals surface area contributed by atoms with Crippen LogP contribution in [0, 0.1) is 5.92 Å². The molecule has 1 amide bonds. The number of fused-ring (bicyclic) bond motifs is 1. The van der Waals surface area contributed by atoms with Crippen LogP contribution in [0.5, 0.6) is 0 Å². The van der Waals surface area contributed by atoms with Crippen molar-refractivity contribution in [1.82, 2.24) is 24.6 Å². The fourth-order valence-corrected chi connectivity index (χ4v) is 6.33. The zero-order valence-electron chi connectivity index (χ0n) is 24.4. The van der Waals surface area contributed by atoms with Crippen LogP contribution in [0.25, 0.3) is 10.9 Å². The van der Waals surface area contributed by atoms with Crippen molar-refractivity contribution < 1.29 is 4.79 Å². The molecular weight excluding hydrogens is 520 g/mol. The van der Waals surface area contributed by atoms with Crippen molar-refractivity contribution >= 4 is 16.8 Å². The van der Waals surface area contributed by atoms with E-state index >= 15 is 0 Å². The number of carbonyl (C=O) groups is 1. The SMILES string of the molecule is CCc1ccc(Cn2c(CCc3ccccc3)nnc2[C@@H](Cc2c[nH]c3ccccc23)N2CCC[C@H](C(N)=O)C2)cc1. The molecule has 3 N–H and O–H groups in total. The van der Waals surface area contributed by atoms with Gasteiger partial charge >= 0.3 is 0 Å². The lowest BCUT2D eigenvalue weighted by molar-refractivity contribution is -0.123. The molecule has 0 bridgehead atoms. The third kappa shape index (κ3) is 6.16. The first kappa shape index (κ1) is 27.9. The number of benzene rings is 3. The van der Waals surface area contributed by atoms with Crippen molar-refractivity contribution in [2.24, 2.45) is 11.7 Å². The molecule has 3 aromatic carbocycles. The summed E-state index contributed by atoms with van der Waals surface area (Å²) in [5.74, 6) is 1.57. The van der Waals surface area contributed by atoms with E-state index in [0.29, 0.717) is 13.1 Å². The third-order valence-electron chi connectivity index (χ3n) is 8.79. The van der Waals surface area contributed by atoms with E-state index in [-0.39, 0.29) is 17.9 Å². The summed E-state index contributed by atoms with van der Waals surface area (Å²) < 4.78 is 2.33. The van der Waals surface area contributed by atoms with Crippen molar-refractivity contribution in [2.75, 3.05) is 13.1 Å². The molecule has 7 heteroatoms. The Morgan fingerprint density at radius 1 is 0.952 bits per heavy atom. The van der Waals surface area contributed by atoms with Gasteiger partial charge in [-0.2, -0.15) is 0 Å². The second kappa shape index (κ2) is 12.7. The summed E-state index contributed by atoms with van der Waals surface area (Å²) in [7, 11) is 0. The van der Waals surface area contributed by atoms with E-state index in [0.717, 1.165) is 62.2 Å². The molecule has 2 aromatic heterocycles. The van der Waals surface area contributed by atoms with Gasteiger partial charge in [-0.15, -0.1) is 10.2 Å². The van der Waals surface area contributed by atoms with Gasteiger partial charge in [0.15, 0.2) is 5.82 Å². The minimum Gasteiger partial charge on any atom is -0.369 e. The first-order valence-corrected chi connectivity index (χ1v) is 15.2. The van der Waals surface area contributed by atoms with E-state index in [2.05, 4.69) is 106 Å². The normalized spacial score (nSPS) is 16.5. The molecule has 42 heavy (non-hydrogen) atoms. The monoisotopic (exact) mass is 560 g/mol. The highest BCUT2D eigenvalue weighted by Gasteiger charge is 2.33. The van der Waals surface area contributed by atoms with E-state index in [9.17, 15) is 4.79 Å². The molecule has 1 aliphatic heterocycles. The predicted molar refractivity (Wildman–Crippen MR) is 167 cm³/mol. The molecule has 0 radical (unpaired) electrons. The fourth-order valence-electron chi connectivity index (χ4n) is 6.33. The molecule has 2 atom stereocenters. The Labute approximate surface area is 247 Å². The second-order valence-electron chi connectivity index (χ2n) is 11.5.